The van der Waals surface area contributed by atoms with Gasteiger partial charge in [-0.05, 0) is 36.2 Å². The van der Waals surface area contributed by atoms with Crippen LogP contribution >= 0.6 is 0 Å². The maximum atomic E-state index is 10.4. The largest absolute Gasteiger partial charge is 1.00 e. The van der Waals surface area contributed by atoms with Crippen LogP contribution in [0, 0.1) is 0 Å². The minimum atomic E-state index is -0.541. The number of ether oxygens (including phenoxy) is 2. The number of allylic oxidation sites excluding steroid dienone is 1. The molecule has 1 heterocycles. The third kappa shape index (κ3) is 7.40. The van der Waals surface area contributed by atoms with Gasteiger partial charge in [-0.1, -0.05) is 30.3 Å². The number of anilines is 1. The Balaban J connectivity index is 0.00000225. The lowest BCUT2D eigenvalue weighted by molar-refractivity contribution is -0.00100. The van der Waals surface area contributed by atoms with Crippen molar-refractivity contribution < 1.29 is 39.4 Å². The van der Waals surface area contributed by atoms with Crippen LogP contribution in [0.2, 0.25) is 0 Å². The zero-order valence-electron chi connectivity index (χ0n) is 17.3. The van der Waals surface area contributed by atoms with Gasteiger partial charge in [-0.25, -0.2) is 0 Å². The van der Waals surface area contributed by atoms with Gasteiger partial charge in [0.25, 0.3) is 0 Å². The van der Waals surface area contributed by atoms with Crippen LogP contribution in [-0.4, -0.2) is 62.6 Å². The number of hydrogen-bond acceptors (Lipinski definition) is 5. The number of piperazine rings is 1. The van der Waals surface area contributed by atoms with E-state index in [1.807, 2.05) is 30.3 Å². The molecule has 5 nitrogen and oxygen atoms in total. The van der Waals surface area contributed by atoms with Crippen LogP contribution in [-0.2, 0) is 6.42 Å². The van der Waals surface area contributed by atoms with Gasteiger partial charge in [-0.15, -0.1) is 6.58 Å². The summed E-state index contributed by atoms with van der Waals surface area (Å²) in [6, 6.07) is 16.3. The lowest BCUT2D eigenvalue weighted by atomic mass is 10.1. The smallest absolute Gasteiger partial charge is 0.161 e. The van der Waals surface area contributed by atoms with E-state index in [-0.39, 0.29) is 31.4 Å². The van der Waals surface area contributed by atoms with Gasteiger partial charge in [0.2, 0.25) is 0 Å². The maximum Gasteiger partial charge on any atom is 0.161 e. The van der Waals surface area contributed by atoms with Crippen LogP contribution in [0.25, 0.3) is 0 Å². The lowest BCUT2D eigenvalue weighted by Gasteiger charge is -2.36. The molecule has 1 unspecified atom stereocenters. The van der Waals surface area contributed by atoms with Crippen molar-refractivity contribution in [2.24, 2.45) is 0 Å². The topological polar surface area (TPSA) is 45.2 Å². The molecule has 3 rings (SSSR count). The van der Waals surface area contributed by atoms with Gasteiger partial charge in [0.1, 0.15) is 12.7 Å². The number of hydrogen-bond donors (Lipinski definition) is 1. The van der Waals surface area contributed by atoms with Crippen LogP contribution in [0.15, 0.2) is 61.2 Å². The molecular weight excluding hydrogens is 423 g/mol. The molecule has 166 valence electrons. The second-order valence-corrected chi connectivity index (χ2v) is 7.07. The van der Waals surface area contributed by atoms with Crippen molar-refractivity contribution in [1.29, 1.82) is 0 Å². The van der Waals surface area contributed by atoms with Crippen LogP contribution in [0.5, 0.6) is 11.5 Å². The Labute approximate surface area is 192 Å². The van der Waals surface area contributed by atoms with Crippen molar-refractivity contribution in [2.45, 2.75) is 12.5 Å². The van der Waals surface area contributed by atoms with E-state index in [0.717, 1.165) is 38.2 Å². The van der Waals surface area contributed by atoms with Gasteiger partial charge < -0.3 is 44.3 Å². The summed E-state index contributed by atoms with van der Waals surface area (Å²) >= 11 is 0. The molecule has 0 radical (unpaired) electrons. The highest BCUT2D eigenvalue weighted by atomic mass is 35.5. The van der Waals surface area contributed by atoms with E-state index in [1.165, 1.54) is 5.69 Å². The first kappa shape index (κ1) is 26.1. The predicted molar refractivity (Wildman–Crippen MR) is 113 cm³/mol. The van der Waals surface area contributed by atoms with Crippen LogP contribution in [0.3, 0.4) is 0 Å². The molecule has 0 amide bonds. The van der Waals surface area contributed by atoms with E-state index in [9.17, 15) is 5.11 Å². The van der Waals surface area contributed by atoms with E-state index >= 15 is 0 Å². The van der Waals surface area contributed by atoms with Crippen molar-refractivity contribution in [1.82, 2.24) is 4.90 Å². The monoisotopic (exact) mass is 452 g/mol. The second kappa shape index (κ2) is 13.4. The molecule has 0 bridgehead atoms. The van der Waals surface area contributed by atoms with Crippen molar-refractivity contribution in [3.63, 3.8) is 0 Å². The van der Waals surface area contributed by atoms with Crippen LogP contribution in [0.1, 0.15) is 5.56 Å². The normalized spacial score (nSPS) is 14.8. The molecule has 1 saturated heterocycles. The number of para-hydroxylation sites is 1. The molecule has 2 aromatic rings. The molecule has 0 saturated carbocycles. The van der Waals surface area contributed by atoms with E-state index < -0.39 is 6.10 Å². The fourth-order valence-corrected chi connectivity index (χ4v) is 3.49. The fourth-order valence-electron chi connectivity index (χ4n) is 3.49. The molecule has 30 heavy (non-hydrogen) atoms. The number of aliphatic hydroxyl groups excluding tert-OH is 1. The van der Waals surface area contributed by atoms with Crippen molar-refractivity contribution in [3.05, 3.63) is 66.7 Å². The summed E-state index contributed by atoms with van der Waals surface area (Å²) in [6.45, 7) is 8.42. The SMILES string of the molecule is C=CCc1ccc(OCC(O)CN2CCN(c3ccccc3)CC2)c(OC)c1.[Cl-].[Cl-]. The molecule has 7 heteroatoms. The Bertz CT molecular complexity index is 753. The number of rotatable bonds is 9. The molecule has 1 fully saturated rings. The number of methoxy groups -OCH3 is 1. The molecule has 2 aromatic carbocycles. The van der Waals surface area contributed by atoms with E-state index in [4.69, 9.17) is 9.47 Å². The maximum absolute atomic E-state index is 10.4. The highest BCUT2D eigenvalue weighted by Gasteiger charge is 2.20. The molecule has 0 aromatic heterocycles. The van der Waals surface area contributed by atoms with Gasteiger partial charge in [0.05, 0.1) is 7.11 Å². The minimum Gasteiger partial charge on any atom is -1.00 e. The Morgan fingerprint density at radius 3 is 2.37 bits per heavy atom. The summed E-state index contributed by atoms with van der Waals surface area (Å²) in [6.07, 6.45) is 2.10. The predicted octanol–water partition coefficient (Wildman–Crippen LogP) is -3.01. The Kier molecular flexibility index (Phi) is 11.7. The molecule has 0 aliphatic carbocycles. The first-order chi connectivity index (χ1) is 13.7. The first-order valence-electron chi connectivity index (χ1n) is 9.80. The summed E-state index contributed by atoms with van der Waals surface area (Å²) in [7, 11) is 1.63. The average molecular weight is 453 g/mol. The second-order valence-electron chi connectivity index (χ2n) is 7.07. The number of aliphatic hydroxyl groups is 1. The van der Waals surface area contributed by atoms with Crippen molar-refractivity contribution in [3.8, 4) is 11.5 Å². The van der Waals surface area contributed by atoms with E-state index in [0.29, 0.717) is 18.0 Å². The van der Waals surface area contributed by atoms with Crippen molar-refractivity contribution in [2.75, 3.05) is 51.3 Å². The molecule has 1 aliphatic heterocycles. The van der Waals surface area contributed by atoms with Crippen LogP contribution in [0.4, 0.5) is 5.69 Å². The van der Waals surface area contributed by atoms with Gasteiger partial charge >= 0.3 is 0 Å². The standard InChI is InChI=1S/C23H30N2O3.2ClH/c1-3-7-19-10-11-22(23(16-19)27-2)28-18-21(26)17-24-12-14-25(15-13-24)20-8-5-4-6-9-20;;/h3-6,8-11,16,21,26H,1,7,12-15,17-18H2,2H3;2*1H/p-2. The zero-order chi connectivity index (χ0) is 19.8. The number of benzene rings is 2. The van der Waals surface area contributed by atoms with Crippen molar-refractivity contribution >= 4 is 5.69 Å². The van der Waals surface area contributed by atoms with Crippen LogP contribution < -0.4 is 39.2 Å². The van der Waals surface area contributed by atoms with Gasteiger partial charge in [-0.2, -0.15) is 0 Å². The third-order valence-electron chi connectivity index (χ3n) is 5.00. The zero-order valence-corrected chi connectivity index (χ0v) is 18.9. The van der Waals surface area contributed by atoms with Gasteiger partial charge in [0.15, 0.2) is 11.5 Å². The summed E-state index contributed by atoms with van der Waals surface area (Å²) in [4.78, 5) is 4.67. The molecule has 1 aliphatic rings. The molecule has 0 spiro atoms. The van der Waals surface area contributed by atoms with E-state index in [1.54, 1.807) is 7.11 Å². The summed E-state index contributed by atoms with van der Waals surface area (Å²) in [5.41, 5.74) is 2.38. The number of β-amino-alcohol motifs (C(OH)–C–C–N with tert-alkyl or cyclic N) is 1. The Morgan fingerprint density at radius 1 is 1.03 bits per heavy atom. The number of nitrogens with zero attached hydrogens (tertiary/aromatic N) is 2. The molecule has 1 atom stereocenters. The average Bonchev–Trinajstić information content (AvgIpc) is 2.74. The highest BCUT2D eigenvalue weighted by Crippen LogP contribution is 2.28. The molecular formula is C23H30Cl2N2O3-2. The Hall–Kier alpha value is -1.92. The first-order valence-corrected chi connectivity index (χ1v) is 9.80. The third-order valence-corrected chi connectivity index (χ3v) is 5.00. The summed E-state index contributed by atoms with van der Waals surface area (Å²) < 4.78 is 11.2. The number of halogens is 2. The Morgan fingerprint density at radius 2 is 1.73 bits per heavy atom. The molecule has 1 N–H and O–H groups in total. The van der Waals surface area contributed by atoms with Gasteiger partial charge in [-0.3, -0.25) is 4.90 Å². The fraction of sp³-hybridized carbons (Fsp3) is 0.391. The highest BCUT2D eigenvalue weighted by molar-refractivity contribution is 5.46. The summed E-state index contributed by atoms with van der Waals surface area (Å²) in [5.74, 6) is 1.34. The summed E-state index contributed by atoms with van der Waals surface area (Å²) in [5, 5.41) is 10.4. The van der Waals surface area contributed by atoms with Gasteiger partial charge in [0, 0.05) is 38.4 Å². The minimum absolute atomic E-state index is 0. The van der Waals surface area contributed by atoms with E-state index in [2.05, 4.69) is 40.6 Å². The quantitative estimate of drug-likeness (QED) is 0.410. The lowest BCUT2D eigenvalue weighted by Crippen LogP contribution is -3.00.